The van der Waals surface area contributed by atoms with Crippen LogP contribution in [0.3, 0.4) is 0 Å². The molecule has 4 heteroatoms. The highest BCUT2D eigenvalue weighted by molar-refractivity contribution is 5.85. The predicted octanol–water partition coefficient (Wildman–Crippen LogP) is 1.47. The van der Waals surface area contributed by atoms with Crippen LogP contribution in [0.25, 0.3) is 0 Å². The van der Waals surface area contributed by atoms with Crippen molar-refractivity contribution in [3.8, 4) is 0 Å². The van der Waals surface area contributed by atoms with Crippen LogP contribution in [0.4, 0.5) is 0 Å². The maximum absolute atomic E-state index is 9.45. The van der Waals surface area contributed by atoms with Crippen LogP contribution < -0.4 is 5.73 Å². The Bertz CT molecular complexity index is 151. The van der Waals surface area contributed by atoms with Crippen LogP contribution >= 0.6 is 12.4 Å². The van der Waals surface area contributed by atoms with E-state index in [0.717, 1.165) is 25.7 Å². The van der Waals surface area contributed by atoms with Gasteiger partial charge < -0.3 is 15.6 Å². The van der Waals surface area contributed by atoms with Gasteiger partial charge in [0.15, 0.2) is 0 Å². The number of ether oxygens (including phenoxy) is 1. The van der Waals surface area contributed by atoms with Crippen molar-refractivity contribution in [2.24, 2.45) is 5.73 Å². The van der Waals surface area contributed by atoms with Gasteiger partial charge in [-0.3, -0.25) is 0 Å². The first-order chi connectivity index (χ1) is 5.97. The second-order valence-electron chi connectivity index (χ2n) is 4.66. The third kappa shape index (κ3) is 5.81. The Labute approximate surface area is 92.4 Å². The zero-order valence-electron chi connectivity index (χ0n) is 9.03. The maximum atomic E-state index is 9.45. The van der Waals surface area contributed by atoms with Crippen LogP contribution in [0.2, 0.25) is 0 Å². The van der Waals surface area contributed by atoms with Gasteiger partial charge in [0.05, 0.1) is 18.3 Å². The normalized spacial score (nSPS) is 28.3. The number of halogens is 1. The molecule has 0 bridgehead atoms. The number of hydrogen-bond donors (Lipinski definition) is 2. The van der Waals surface area contributed by atoms with Gasteiger partial charge in [-0.05, 0) is 39.5 Å². The molecule has 0 aliphatic heterocycles. The van der Waals surface area contributed by atoms with E-state index in [1.54, 1.807) is 13.8 Å². The molecule has 1 aliphatic carbocycles. The zero-order valence-corrected chi connectivity index (χ0v) is 9.85. The van der Waals surface area contributed by atoms with Gasteiger partial charge in [-0.25, -0.2) is 0 Å². The van der Waals surface area contributed by atoms with Crippen molar-refractivity contribution in [3.63, 3.8) is 0 Å². The Morgan fingerprint density at radius 3 is 2.21 bits per heavy atom. The minimum Gasteiger partial charge on any atom is -0.388 e. The van der Waals surface area contributed by atoms with Crippen LogP contribution in [0.5, 0.6) is 0 Å². The molecule has 0 amide bonds. The summed E-state index contributed by atoms with van der Waals surface area (Å²) in [5.41, 5.74) is 5.07. The summed E-state index contributed by atoms with van der Waals surface area (Å²) < 4.78 is 5.59. The Hall–Kier alpha value is 0.170. The molecule has 0 radical (unpaired) electrons. The first-order valence-electron chi connectivity index (χ1n) is 5.07. The molecule has 1 aliphatic rings. The summed E-state index contributed by atoms with van der Waals surface area (Å²) in [6.07, 6.45) is 4.49. The standard InChI is InChI=1S/C10H21NO2.ClH/c1-10(2,12)7-13-9-5-3-8(11)4-6-9;/h8-9,12H,3-7,11H2,1-2H3;1H. The summed E-state index contributed by atoms with van der Waals surface area (Å²) in [5.74, 6) is 0. The number of nitrogens with two attached hydrogens (primary N) is 1. The van der Waals surface area contributed by atoms with Crippen molar-refractivity contribution in [1.82, 2.24) is 0 Å². The first kappa shape index (κ1) is 14.2. The van der Waals surface area contributed by atoms with E-state index >= 15 is 0 Å². The zero-order chi connectivity index (χ0) is 9.90. The third-order valence-electron chi connectivity index (χ3n) is 2.39. The van der Waals surface area contributed by atoms with Gasteiger partial charge in [0.25, 0.3) is 0 Å². The molecule has 14 heavy (non-hydrogen) atoms. The average Bonchev–Trinajstić information content (AvgIpc) is 2.02. The summed E-state index contributed by atoms with van der Waals surface area (Å²) in [6.45, 7) is 3.95. The molecular weight excluding hydrogens is 202 g/mol. The van der Waals surface area contributed by atoms with E-state index in [1.807, 2.05) is 0 Å². The molecule has 1 rings (SSSR count). The average molecular weight is 224 g/mol. The quantitative estimate of drug-likeness (QED) is 0.762. The smallest absolute Gasteiger partial charge is 0.0824 e. The summed E-state index contributed by atoms with van der Waals surface area (Å²) >= 11 is 0. The minimum absolute atomic E-state index is 0. The van der Waals surface area contributed by atoms with E-state index < -0.39 is 5.60 Å². The van der Waals surface area contributed by atoms with E-state index in [0.29, 0.717) is 18.8 Å². The largest absolute Gasteiger partial charge is 0.388 e. The summed E-state index contributed by atoms with van der Waals surface area (Å²) in [6, 6.07) is 0.363. The van der Waals surface area contributed by atoms with Crippen molar-refractivity contribution in [2.75, 3.05) is 6.61 Å². The highest BCUT2D eigenvalue weighted by Gasteiger charge is 2.21. The van der Waals surface area contributed by atoms with Gasteiger partial charge in [0.1, 0.15) is 0 Å². The second-order valence-corrected chi connectivity index (χ2v) is 4.66. The fraction of sp³-hybridized carbons (Fsp3) is 1.00. The second kappa shape index (κ2) is 5.91. The molecule has 86 valence electrons. The molecule has 0 unspecified atom stereocenters. The Morgan fingerprint density at radius 1 is 1.29 bits per heavy atom. The van der Waals surface area contributed by atoms with E-state index in [-0.39, 0.29) is 12.4 Å². The van der Waals surface area contributed by atoms with Crippen molar-refractivity contribution >= 4 is 12.4 Å². The van der Waals surface area contributed by atoms with Crippen LogP contribution in [0.15, 0.2) is 0 Å². The van der Waals surface area contributed by atoms with Gasteiger partial charge in [-0.15, -0.1) is 12.4 Å². The van der Waals surface area contributed by atoms with Crippen LogP contribution in [0.1, 0.15) is 39.5 Å². The van der Waals surface area contributed by atoms with E-state index in [9.17, 15) is 5.11 Å². The van der Waals surface area contributed by atoms with Crippen molar-refractivity contribution in [3.05, 3.63) is 0 Å². The lowest BCUT2D eigenvalue weighted by molar-refractivity contribution is -0.0634. The van der Waals surface area contributed by atoms with Gasteiger partial charge >= 0.3 is 0 Å². The molecule has 3 nitrogen and oxygen atoms in total. The fourth-order valence-corrected chi connectivity index (χ4v) is 1.58. The van der Waals surface area contributed by atoms with Crippen LogP contribution in [-0.4, -0.2) is 29.5 Å². The lowest BCUT2D eigenvalue weighted by atomic mass is 9.93. The lowest BCUT2D eigenvalue weighted by Crippen LogP contribution is -2.34. The van der Waals surface area contributed by atoms with Crippen molar-refractivity contribution in [1.29, 1.82) is 0 Å². The fourth-order valence-electron chi connectivity index (χ4n) is 1.58. The molecule has 1 saturated carbocycles. The van der Waals surface area contributed by atoms with Crippen LogP contribution in [-0.2, 0) is 4.74 Å². The maximum Gasteiger partial charge on any atom is 0.0824 e. The van der Waals surface area contributed by atoms with Gasteiger partial charge in [0.2, 0.25) is 0 Å². The molecule has 0 aromatic carbocycles. The first-order valence-corrected chi connectivity index (χ1v) is 5.07. The monoisotopic (exact) mass is 223 g/mol. The Balaban J connectivity index is 0.00000169. The highest BCUT2D eigenvalue weighted by atomic mass is 35.5. The van der Waals surface area contributed by atoms with Crippen molar-refractivity contribution in [2.45, 2.75) is 57.3 Å². The molecule has 0 spiro atoms. The van der Waals surface area contributed by atoms with Gasteiger partial charge in [-0.2, -0.15) is 0 Å². The van der Waals surface area contributed by atoms with E-state index in [1.165, 1.54) is 0 Å². The molecule has 0 aromatic heterocycles. The molecule has 3 N–H and O–H groups in total. The predicted molar refractivity (Wildman–Crippen MR) is 59.7 cm³/mol. The van der Waals surface area contributed by atoms with Gasteiger partial charge in [-0.1, -0.05) is 0 Å². The van der Waals surface area contributed by atoms with Gasteiger partial charge in [0, 0.05) is 6.04 Å². The van der Waals surface area contributed by atoms with E-state index in [2.05, 4.69) is 0 Å². The molecule has 1 fully saturated rings. The molecule has 0 aromatic rings. The summed E-state index contributed by atoms with van der Waals surface area (Å²) in [7, 11) is 0. The highest BCUT2D eigenvalue weighted by Crippen LogP contribution is 2.20. The molecular formula is C10H22ClNO2. The van der Waals surface area contributed by atoms with Crippen molar-refractivity contribution < 1.29 is 9.84 Å². The SMILES string of the molecule is CC(C)(O)COC1CCC(N)CC1.Cl. The number of rotatable bonds is 3. The molecule has 0 saturated heterocycles. The summed E-state index contributed by atoms with van der Waals surface area (Å²) in [5, 5.41) is 9.45. The summed E-state index contributed by atoms with van der Waals surface area (Å²) in [4.78, 5) is 0. The minimum atomic E-state index is -0.709. The number of aliphatic hydroxyl groups is 1. The molecule has 0 atom stereocenters. The Kier molecular flexibility index (Phi) is 5.98. The third-order valence-corrected chi connectivity index (χ3v) is 2.39. The van der Waals surface area contributed by atoms with E-state index in [4.69, 9.17) is 10.5 Å². The lowest BCUT2D eigenvalue weighted by Gasteiger charge is -2.28. The topological polar surface area (TPSA) is 55.5 Å². The Morgan fingerprint density at radius 2 is 1.79 bits per heavy atom. The van der Waals surface area contributed by atoms with Crippen LogP contribution in [0, 0.1) is 0 Å². The number of hydrogen-bond acceptors (Lipinski definition) is 3. The molecule has 0 heterocycles.